The van der Waals surface area contributed by atoms with E-state index in [2.05, 4.69) is 24.1 Å². The molecule has 0 radical (unpaired) electrons. The van der Waals surface area contributed by atoms with Crippen molar-refractivity contribution in [1.29, 1.82) is 0 Å². The Labute approximate surface area is 326 Å². The lowest BCUT2D eigenvalue weighted by Crippen LogP contribution is -2.59. The molecule has 0 bridgehead atoms. The van der Waals surface area contributed by atoms with E-state index in [0.717, 1.165) is 53.2 Å². The van der Waals surface area contributed by atoms with E-state index in [4.69, 9.17) is 5.10 Å². The Kier molecular flexibility index (Phi) is 11.5. The van der Waals surface area contributed by atoms with Crippen molar-refractivity contribution in [2.75, 3.05) is 26.2 Å². The summed E-state index contributed by atoms with van der Waals surface area (Å²) in [6, 6.07) is 19.0. The zero-order valence-electron chi connectivity index (χ0n) is 31.2. The van der Waals surface area contributed by atoms with Crippen LogP contribution in [0.15, 0.2) is 82.7 Å². The first-order valence-electron chi connectivity index (χ1n) is 18.7. The van der Waals surface area contributed by atoms with E-state index >= 15 is 0 Å². The zero-order valence-corrected chi connectivity index (χ0v) is 32.0. The molecule has 2 aromatic heterocycles. The van der Waals surface area contributed by atoms with Crippen LogP contribution in [0.3, 0.4) is 0 Å². The maximum absolute atomic E-state index is 13.6. The Hall–Kier alpha value is -4.86. The number of alkyl halides is 3. The molecule has 1 N–H and O–H groups in total. The van der Waals surface area contributed by atoms with E-state index in [1.807, 2.05) is 36.1 Å². The Balaban J connectivity index is 1.18. The first kappa shape index (κ1) is 39.4. The van der Waals surface area contributed by atoms with Crippen molar-refractivity contribution in [3.63, 3.8) is 0 Å². The van der Waals surface area contributed by atoms with Crippen LogP contribution in [-0.2, 0) is 49.2 Å². The first-order valence-corrected chi connectivity index (χ1v) is 19.7. The number of piperazine rings is 1. The van der Waals surface area contributed by atoms with Crippen molar-refractivity contribution in [3.8, 4) is 11.1 Å². The first-order chi connectivity index (χ1) is 26.8. The third-order valence-corrected chi connectivity index (χ3v) is 12.2. The van der Waals surface area contributed by atoms with Gasteiger partial charge in [-0.05, 0) is 79.1 Å². The minimum absolute atomic E-state index is 0.230. The Bertz CT molecular complexity index is 2230. The van der Waals surface area contributed by atoms with Crippen LogP contribution in [0.2, 0.25) is 0 Å². The lowest BCUT2D eigenvalue weighted by Gasteiger charge is -2.43. The molecule has 2 aliphatic rings. The van der Waals surface area contributed by atoms with Gasteiger partial charge in [0.05, 0.1) is 25.2 Å². The highest BCUT2D eigenvalue weighted by Crippen LogP contribution is 2.32. The van der Waals surface area contributed by atoms with E-state index in [9.17, 15) is 32.3 Å². The van der Waals surface area contributed by atoms with Crippen molar-refractivity contribution in [2.24, 2.45) is 0 Å². The van der Waals surface area contributed by atoms with Gasteiger partial charge in [0, 0.05) is 43.2 Å². The highest BCUT2D eigenvalue weighted by Gasteiger charge is 2.39. The summed E-state index contributed by atoms with van der Waals surface area (Å²) in [4.78, 5) is 34.1. The lowest BCUT2D eigenvalue weighted by molar-refractivity contribution is -0.152. The summed E-state index contributed by atoms with van der Waals surface area (Å²) in [6.07, 6.45) is -1.71. The molecule has 56 heavy (non-hydrogen) atoms. The minimum Gasteiger partial charge on any atom is -0.480 e. The summed E-state index contributed by atoms with van der Waals surface area (Å²) >= 11 is 1.41. The average molecular weight is 790 g/mol. The number of carboxylic acid groups (broad SMARTS) is 1. The fraction of sp³-hybridized carbons (Fsp3) is 0.390. The van der Waals surface area contributed by atoms with Gasteiger partial charge in [0.2, 0.25) is 0 Å². The second-order valence-electron chi connectivity index (χ2n) is 14.6. The molecule has 1 aliphatic carbocycles. The topological polar surface area (TPSA) is 109 Å². The summed E-state index contributed by atoms with van der Waals surface area (Å²) in [5.41, 5.74) is 3.04. The highest BCUT2D eigenvalue weighted by atomic mass is 32.2. The second kappa shape index (κ2) is 16.3. The second-order valence-corrected chi connectivity index (χ2v) is 15.5. The maximum atomic E-state index is 13.6. The van der Waals surface area contributed by atoms with Crippen LogP contribution in [0.1, 0.15) is 66.3 Å². The number of aliphatic carboxylic acids is 1. The Morgan fingerprint density at radius 3 is 2.02 bits per heavy atom. The molecule has 0 spiro atoms. The standard InChI is InChI=1S/C41H43F4N7O3S/c1-3-40(2,38(54)55)50-21-19-49(20-22-50)24-35-47-48-36(52(35)23-27-7-11-29(12-8-27)30-13-15-31(16-14-30)41(43,44)45)25-51-34-6-4-5-33(34)37(53)46-39(51)56-26-28-9-17-32(42)18-10-28/h7-18H,3-6,19-26H2,1-2H3,(H,54,55). The summed E-state index contributed by atoms with van der Waals surface area (Å²) in [7, 11) is 0. The smallest absolute Gasteiger partial charge is 0.416 e. The van der Waals surface area contributed by atoms with E-state index in [1.165, 1.54) is 36.0 Å². The number of rotatable bonds is 13. The number of fused-ring (bicyclic) bond motifs is 1. The van der Waals surface area contributed by atoms with Gasteiger partial charge in [0.25, 0.3) is 5.56 Å². The van der Waals surface area contributed by atoms with Gasteiger partial charge in [0.1, 0.15) is 17.2 Å². The molecule has 7 rings (SSSR count). The van der Waals surface area contributed by atoms with Crippen molar-refractivity contribution >= 4 is 17.7 Å². The van der Waals surface area contributed by atoms with Crippen LogP contribution in [0.5, 0.6) is 0 Å². The van der Waals surface area contributed by atoms with Crippen LogP contribution in [0.4, 0.5) is 17.6 Å². The molecule has 3 aromatic carbocycles. The average Bonchev–Trinajstić information content (AvgIpc) is 3.83. The SMILES string of the molecule is CCC(C)(C(=O)O)N1CCN(Cc2nnc(Cn3c(SCc4ccc(F)cc4)nc(=O)c4c3CCC4)n2Cc2ccc(-c3ccc(C(F)(F)F)cc3)cc2)CC1. The number of carbonyl (C=O) groups is 1. The number of hydrogen-bond donors (Lipinski definition) is 1. The van der Waals surface area contributed by atoms with Crippen molar-refractivity contribution in [3.05, 3.63) is 129 Å². The van der Waals surface area contributed by atoms with Gasteiger partial charge in [-0.1, -0.05) is 67.2 Å². The molecule has 1 aliphatic heterocycles. The predicted octanol–water partition coefficient (Wildman–Crippen LogP) is 6.91. The van der Waals surface area contributed by atoms with Gasteiger partial charge in [-0.15, -0.1) is 10.2 Å². The molecular formula is C41H43F4N7O3S. The van der Waals surface area contributed by atoms with Crippen LogP contribution >= 0.6 is 11.8 Å². The fourth-order valence-electron chi connectivity index (χ4n) is 7.46. The van der Waals surface area contributed by atoms with Crippen molar-refractivity contribution in [2.45, 2.75) is 81.8 Å². The molecule has 0 amide bonds. The monoisotopic (exact) mass is 789 g/mol. The molecule has 15 heteroatoms. The van der Waals surface area contributed by atoms with Crippen LogP contribution in [0, 0.1) is 5.82 Å². The van der Waals surface area contributed by atoms with E-state index in [1.54, 1.807) is 19.1 Å². The predicted molar refractivity (Wildman–Crippen MR) is 205 cm³/mol. The van der Waals surface area contributed by atoms with Crippen LogP contribution in [-0.4, -0.2) is 76.9 Å². The molecular weight excluding hydrogens is 747 g/mol. The largest absolute Gasteiger partial charge is 0.480 e. The van der Waals surface area contributed by atoms with E-state index in [-0.39, 0.29) is 11.4 Å². The summed E-state index contributed by atoms with van der Waals surface area (Å²) in [6.45, 7) is 7.33. The molecule has 1 saturated heterocycles. The number of aromatic nitrogens is 5. The highest BCUT2D eigenvalue weighted by molar-refractivity contribution is 7.98. The summed E-state index contributed by atoms with van der Waals surface area (Å²) in [5.74, 6) is 0.721. The van der Waals surface area contributed by atoms with Gasteiger partial charge in [0.15, 0.2) is 11.0 Å². The molecule has 294 valence electrons. The number of halogens is 4. The third-order valence-electron chi connectivity index (χ3n) is 11.1. The molecule has 3 heterocycles. The molecule has 1 fully saturated rings. The van der Waals surface area contributed by atoms with Gasteiger partial charge in [-0.2, -0.15) is 18.2 Å². The van der Waals surface area contributed by atoms with Crippen LogP contribution < -0.4 is 5.56 Å². The van der Waals surface area contributed by atoms with E-state index in [0.29, 0.717) is 86.5 Å². The van der Waals surface area contributed by atoms with Gasteiger partial charge in [-0.3, -0.25) is 19.4 Å². The number of benzene rings is 3. The molecule has 1 atom stereocenters. The van der Waals surface area contributed by atoms with Gasteiger partial charge < -0.3 is 14.2 Å². The minimum atomic E-state index is -4.41. The van der Waals surface area contributed by atoms with Gasteiger partial charge in [-0.25, -0.2) is 4.39 Å². The molecule has 1 unspecified atom stereocenters. The molecule has 5 aromatic rings. The number of carboxylic acids is 1. The number of thioether (sulfide) groups is 1. The van der Waals surface area contributed by atoms with Crippen molar-refractivity contribution < 1.29 is 27.5 Å². The summed E-state index contributed by atoms with van der Waals surface area (Å²) < 4.78 is 57.3. The third kappa shape index (κ3) is 8.44. The maximum Gasteiger partial charge on any atom is 0.416 e. The van der Waals surface area contributed by atoms with Gasteiger partial charge >= 0.3 is 12.1 Å². The van der Waals surface area contributed by atoms with E-state index < -0.39 is 23.2 Å². The van der Waals surface area contributed by atoms with Crippen LogP contribution in [0.25, 0.3) is 11.1 Å². The normalized spacial score (nSPS) is 16.2. The molecule has 0 saturated carbocycles. The zero-order chi connectivity index (χ0) is 39.6. The number of hydrogen-bond acceptors (Lipinski definition) is 8. The Morgan fingerprint density at radius 2 is 1.41 bits per heavy atom. The quantitative estimate of drug-likeness (QED) is 0.0774. The lowest BCUT2D eigenvalue weighted by atomic mass is 9.95. The molecule has 10 nitrogen and oxygen atoms in total. The van der Waals surface area contributed by atoms with Crippen molar-refractivity contribution in [1.82, 2.24) is 34.1 Å². The Morgan fingerprint density at radius 1 is 0.804 bits per heavy atom. The summed E-state index contributed by atoms with van der Waals surface area (Å²) in [5, 5.41) is 19.9. The number of nitrogens with zero attached hydrogens (tertiary/aromatic N) is 7. The fourth-order valence-corrected chi connectivity index (χ4v) is 8.43.